The van der Waals surface area contributed by atoms with E-state index < -0.39 is 0 Å². The fourth-order valence-corrected chi connectivity index (χ4v) is 2.71. The Balaban J connectivity index is 2.19. The summed E-state index contributed by atoms with van der Waals surface area (Å²) < 4.78 is 10.6. The summed E-state index contributed by atoms with van der Waals surface area (Å²) in [7, 11) is 1.64. The van der Waals surface area contributed by atoms with Crippen molar-refractivity contribution in [1.82, 2.24) is 0 Å². The highest BCUT2D eigenvalue weighted by atomic mass is 16.5. The predicted octanol–water partition coefficient (Wildman–Crippen LogP) is 4.78. The second-order valence-electron chi connectivity index (χ2n) is 6.52. The molecule has 0 aliphatic carbocycles. The van der Waals surface area contributed by atoms with Gasteiger partial charge in [-0.25, -0.2) is 0 Å². The quantitative estimate of drug-likeness (QED) is 0.608. The summed E-state index contributed by atoms with van der Waals surface area (Å²) in [6.07, 6.45) is 0.365. The molecule has 2 rings (SSSR count). The number of carbonyl (C=O) groups excluding carboxylic acids is 1. The Kier molecular flexibility index (Phi) is 7.67. The van der Waals surface area contributed by atoms with Crippen LogP contribution in [0.4, 0.5) is 5.69 Å². The summed E-state index contributed by atoms with van der Waals surface area (Å²) >= 11 is 0. The highest BCUT2D eigenvalue weighted by molar-refractivity contribution is 5.93. The third kappa shape index (κ3) is 5.60. The average molecular weight is 355 g/mol. The van der Waals surface area contributed by atoms with E-state index in [0.717, 1.165) is 17.0 Å². The number of rotatable bonds is 9. The van der Waals surface area contributed by atoms with Gasteiger partial charge < -0.3 is 14.4 Å². The SMILES string of the molecule is CCOCCC(=O)N(Cc1ccc(C(C)C)cc1)c1ccc(OC)cc1. The lowest BCUT2D eigenvalue weighted by Gasteiger charge is -2.23. The van der Waals surface area contributed by atoms with E-state index in [1.165, 1.54) is 5.56 Å². The molecule has 0 aromatic heterocycles. The van der Waals surface area contributed by atoms with Gasteiger partial charge in [-0.1, -0.05) is 38.1 Å². The third-order valence-electron chi connectivity index (χ3n) is 4.34. The van der Waals surface area contributed by atoms with E-state index in [1.807, 2.05) is 36.1 Å². The van der Waals surface area contributed by atoms with Crippen LogP contribution in [0.15, 0.2) is 48.5 Å². The molecule has 0 atom stereocenters. The molecule has 26 heavy (non-hydrogen) atoms. The second-order valence-corrected chi connectivity index (χ2v) is 6.52. The van der Waals surface area contributed by atoms with E-state index in [4.69, 9.17) is 9.47 Å². The van der Waals surface area contributed by atoms with Crippen molar-refractivity contribution in [3.05, 3.63) is 59.7 Å². The normalized spacial score (nSPS) is 10.8. The maximum Gasteiger partial charge on any atom is 0.229 e. The summed E-state index contributed by atoms with van der Waals surface area (Å²) in [5.74, 6) is 1.32. The highest BCUT2D eigenvalue weighted by Crippen LogP contribution is 2.23. The first-order valence-corrected chi connectivity index (χ1v) is 9.16. The highest BCUT2D eigenvalue weighted by Gasteiger charge is 2.16. The molecule has 0 heterocycles. The molecule has 0 N–H and O–H groups in total. The molecular weight excluding hydrogens is 326 g/mol. The molecule has 2 aromatic carbocycles. The van der Waals surface area contributed by atoms with Crippen LogP contribution in [0.25, 0.3) is 0 Å². The van der Waals surface area contributed by atoms with E-state index in [1.54, 1.807) is 7.11 Å². The van der Waals surface area contributed by atoms with Crippen molar-refractivity contribution in [2.45, 2.75) is 39.7 Å². The number of amides is 1. The number of benzene rings is 2. The van der Waals surface area contributed by atoms with Gasteiger partial charge in [-0.15, -0.1) is 0 Å². The van der Waals surface area contributed by atoms with Gasteiger partial charge in [0, 0.05) is 12.3 Å². The predicted molar refractivity (Wildman–Crippen MR) is 106 cm³/mol. The molecule has 0 aliphatic rings. The number of hydrogen-bond donors (Lipinski definition) is 0. The molecule has 0 unspecified atom stereocenters. The molecule has 0 saturated heterocycles. The topological polar surface area (TPSA) is 38.8 Å². The van der Waals surface area contributed by atoms with Crippen LogP contribution in [-0.4, -0.2) is 26.2 Å². The van der Waals surface area contributed by atoms with Crippen molar-refractivity contribution in [2.75, 3.05) is 25.2 Å². The van der Waals surface area contributed by atoms with Gasteiger partial charge >= 0.3 is 0 Å². The largest absolute Gasteiger partial charge is 0.497 e. The molecule has 0 bridgehead atoms. The summed E-state index contributed by atoms with van der Waals surface area (Å²) in [5, 5.41) is 0. The Bertz CT molecular complexity index is 678. The molecule has 140 valence electrons. The van der Waals surface area contributed by atoms with Gasteiger partial charge in [-0.3, -0.25) is 4.79 Å². The van der Waals surface area contributed by atoms with Gasteiger partial charge in [0.1, 0.15) is 5.75 Å². The molecule has 0 aliphatic heterocycles. The zero-order chi connectivity index (χ0) is 18.9. The molecule has 0 saturated carbocycles. The standard InChI is InChI=1S/C22H29NO3/c1-5-26-15-14-22(24)23(20-10-12-21(25-4)13-11-20)16-18-6-8-19(9-7-18)17(2)3/h6-13,17H,5,14-16H2,1-4H3. The average Bonchev–Trinajstić information content (AvgIpc) is 2.66. The molecule has 0 radical (unpaired) electrons. The number of ether oxygens (including phenoxy) is 2. The summed E-state index contributed by atoms with van der Waals surface area (Å²) in [6.45, 7) is 7.88. The van der Waals surface area contributed by atoms with Crippen molar-refractivity contribution < 1.29 is 14.3 Å². The molecular formula is C22H29NO3. The monoisotopic (exact) mass is 355 g/mol. The number of methoxy groups -OCH3 is 1. The maximum atomic E-state index is 12.8. The first-order chi connectivity index (χ1) is 12.5. The van der Waals surface area contributed by atoms with Crippen LogP contribution in [0.3, 0.4) is 0 Å². The van der Waals surface area contributed by atoms with Crippen molar-refractivity contribution in [3.63, 3.8) is 0 Å². The Hall–Kier alpha value is -2.33. The van der Waals surface area contributed by atoms with E-state index >= 15 is 0 Å². The molecule has 0 spiro atoms. The lowest BCUT2D eigenvalue weighted by atomic mass is 10.0. The Morgan fingerprint density at radius 2 is 1.69 bits per heavy atom. The van der Waals surface area contributed by atoms with Gasteiger partial charge in [-0.05, 0) is 48.2 Å². The van der Waals surface area contributed by atoms with Crippen molar-refractivity contribution >= 4 is 11.6 Å². The van der Waals surface area contributed by atoms with E-state index in [2.05, 4.69) is 38.1 Å². The lowest BCUT2D eigenvalue weighted by Crippen LogP contribution is -2.31. The van der Waals surface area contributed by atoms with Crippen LogP contribution < -0.4 is 9.64 Å². The van der Waals surface area contributed by atoms with Gasteiger partial charge in [0.15, 0.2) is 0 Å². The van der Waals surface area contributed by atoms with Crippen molar-refractivity contribution in [2.24, 2.45) is 0 Å². The van der Waals surface area contributed by atoms with Gasteiger partial charge in [0.05, 0.1) is 26.7 Å². The van der Waals surface area contributed by atoms with Gasteiger partial charge in [0.25, 0.3) is 0 Å². The second kappa shape index (κ2) is 9.97. The van der Waals surface area contributed by atoms with Gasteiger partial charge in [-0.2, -0.15) is 0 Å². The van der Waals surface area contributed by atoms with Gasteiger partial charge in [0.2, 0.25) is 5.91 Å². The fourth-order valence-electron chi connectivity index (χ4n) is 2.71. The third-order valence-corrected chi connectivity index (χ3v) is 4.34. The van der Waals surface area contributed by atoms with Crippen LogP contribution in [0.1, 0.15) is 44.2 Å². The first-order valence-electron chi connectivity index (χ1n) is 9.16. The molecule has 4 nitrogen and oxygen atoms in total. The molecule has 1 amide bonds. The zero-order valence-corrected chi connectivity index (χ0v) is 16.2. The minimum absolute atomic E-state index is 0.0524. The fraction of sp³-hybridized carbons (Fsp3) is 0.409. The maximum absolute atomic E-state index is 12.8. The first kappa shape index (κ1) is 20.0. The summed E-state index contributed by atoms with van der Waals surface area (Å²) in [5.41, 5.74) is 3.27. The summed E-state index contributed by atoms with van der Waals surface area (Å²) in [6, 6.07) is 16.1. The smallest absolute Gasteiger partial charge is 0.229 e. The van der Waals surface area contributed by atoms with Crippen LogP contribution in [0, 0.1) is 0 Å². The van der Waals surface area contributed by atoms with Crippen LogP contribution in [-0.2, 0) is 16.1 Å². The number of hydrogen-bond acceptors (Lipinski definition) is 3. The van der Waals surface area contributed by atoms with Crippen molar-refractivity contribution in [1.29, 1.82) is 0 Å². The molecule has 0 fully saturated rings. The van der Waals surface area contributed by atoms with Crippen molar-refractivity contribution in [3.8, 4) is 5.75 Å². The van der Waals surface area contributed by atoms with Crippen LogP contribution >= 0.6 is 0 Å². The molecule has 4 heteroatoms. The minimum Gasteiger partial charge on any atom is -0.497 e. The number of carbonyl (C=O) groups is 1. The summed E-state index contributed by atoms with van der Waals surface area (Å²) in [4.78, 5) is 14.6. The van der Waals surface area contributed by atoms with E-state index in [-0.39, 0.29) is 5.91 Å². The van der Waals surface area contributed by atoms with E-state index in [0.29, 0.717) is 32.1 Å². The Morgan fingerprint density at radius 3 is 2.23 bits per heavy atom. The van der Waals surface area contributed by atoms with Crippen LogP contribution in [0.5, 0.6) is 5.75 Å². The lowest BCUT2D eigenvalue weighted by molar-refractivity contribution is -0.119. The Morgan fingerprint density at radius 1 is 1.04 bits per heavy atom. The Labute approximate surface area is 156 Å². The number of nitrogens with zero attached hydrogens (tertiary/aromatic N) is 1. The van der Waals surface area contributed by atoms with E-state index in [9.17, 15) is 4.79 Å². The zero-order valence-electron chi connectivity index (χ0n) is 16.2. The molecule has 2 aromatic rings. The minimum atomic E-state index is 0.0524. The van der Waals surface area contributed by atoms with Crippen LogP contribution in [0.2, 0.25) is 0 Å². The number of anilines is 1.